The molecular weight excluding hydrogens is 264 g/mol. The number of amides is 2. The van der Waals surface area contributed by atoms with Crippen LogP contribution in [0.5, 0.6) is 0 Å². The van der Waals surface area contributed by atoms with Gasteiger partial charge in [-0.2, -0.15) is 0 Å². The molecule has 3 rings (SSSR count). The average molecular weight is 286 g/mol. The van der Waals surface area contributed by atoms with Crippen LogP contribution in [0.4, 0.5) is 5.69 Å². The zero-order chi connectivity index (χ0) is 15.0. The summed E-state index contributed by atoms with van der Waals surface area (Å²) >= 11 is 0. The molecule has 1 aliphatic carbocycles. The second-order valence-electron chi connectivity index (χ2n) is 6.27. The van der Waals surface area contributed by atoms with Gasteiger partial charge in [0.1, 0.15) is 5.54 Å². The molecule has 1 fully saturated rings. The Morgan fingerprint density at radius 3 is 2.57 bits per heavy atom. The van der Waals surface area contributed by atoms with Gasteiger partial charge in [-0.1, -0.05) is 31.9 Å². The van der Waals surface area contributed by atoms with Gasteiger partial charge in [-0.15, -0.1) is 0 Å². The van der Waals surface area contributed by atoms with E-state index in [1.165, 1.54) is 0 Å². The Morgan fingerprint density at radius 1 is 1.24 bits per heavy atom. The van der Waals surface area contributed by atoms with Crippen molar-refractivity contribution in [2.75, 3.05) is 4.90 Å². The van der Waals surface area contributed by atoms with Crippen molar-refractivity contribution in [1.82, 2.24) is 5.32 Å². The third-order valence-electron chi connectivity index (χ3n) is 4.89. The van der Waals surface area contributed by atoms with E-state index in [1.54, 1.807) is 6.07 Å². The van der Waals surface area contributed by atoms with Crippen LogP contribution in [0.2, 0.25) is 0 Å². The first-order valence-electron chi connectivity index (χ1n) is 7.82. The molecule has 21 heavy (non-hydrogen) atoms. The van der Waals surface area contributed by atoms with E-state index in [1.807, 2.05) is 36.9 Å². The topological polar surface area (TPSA) is 49.4 Å². The van der Waals surface area contributed by atoms with Gasteiger partial charge in [-0.05, 0) is 38.3 Å². The Kier molecular flexibility index (Phi) is 3.47. The zero-order valence-corrected chi connectivity index (χ0v) is 12.7. The molecule has 1 aromatic carbocycles. The number of benzene rings is 1. The second kappa shape index (κ2) is 5.17. The van der Waals surface area contributed by atoms with Gasteiger partial charge >= 0.3 is 0 Å². The molecule has 1 atom stereocenters. The van der Waals surface area contributed by atoms with Gasteiger partial charge in [0, 0.05) is 6.04 Å². The average Bonchev–Trinajstić information content (AvgIpc) is 2.99. The monoisotopic (exact) mass is 286 g/mol. The lowest BCUT2D eigenvalue weighted by Gasteiger charge is -2.35. The lowest BCUT2D eigenvalue weighted by atomic mass is 9.96. The first-order valence-corrected chi connectivity index (χ1v) is 7.82. The van der Waals surface area contributed by atoms with Crippen LogP contribution in [0.1, 0.15) is 56.3 Å². The summed E-state index contributed by atoms with van der Waals surface area (Å²) in [5.74, 6) is -0.126. The summed E-state index contributed by atoms with van der Waals surface area (Å²) in [5, 5.41) is 2.93. The largest absolute Gasteiger partial charge is 0.338 e. The van der Waals surface area contributed by atoms with E-state index in [4.69, 9.17) is 0 Å². The predicted octanol–water partition coefficient (Wildman–Crippen LogP) is 2.87. The van der Waals surface area contributed by atoms with E-state index >= 15 is 0 Å². The van der Waals surface area contributed by atoms with Gasteiger partial charge in [-0.25, -0.2) is 0 Å². The molecule has 1 aromatic rings. The fraction of sp³-hybridized carbons (Fsp3) is 0.529. The number of rotatable bonds is 2. The Morgan fingerprint density at radius 2 is 1.90 bits per heavy atom. The molecule has 4 nitrogen and oxygen atoms in total. The summed E-state index contributed by atoms with van der Waals surface area (Å²) in [5.41, 5.74) is 0.553. The summed E-state index contributed by atoms with van der Waals surface area (Å²) in [6, 6.07) is 7.67. The minimum Gasteiger partial charge on any atom is -0.338 e. The number of hydrogen-bond donors (Lipinski definition) is 1. The van der Waals surface area contributed by atoms with Crippen molar-refractivity contribution in [3.05, 3.63) is 29.8 Å². The van der Waals surface area contributed by atoms with E-state index < -0.39 is 5.54 Å². The molecule has 1 unspecified atom stereocenters. The Hall–Kier alpha value is -1.84. The van der Waals surface area contributed by atoms with Gasteiger partial charge < -0.3 is 10.2 Å². The number of fused-ring (bicyclic) bond motifs is 1. The van der Waals surface area contributed by atoms with E-state index in [2.05, 4.69) is 5.32 Å². The molecule has 2 aliphatic rings. The van der Waals surface area contributed by atoms with E-state index in [9.17, 15) is 9.59 Å². The van der Waals surface area contributed by atoms with E-state index in [0.717, 1.165) is 31.4 Å². The van der Waals surface area contributed by atoms with Crippen LogP contribution >= 0.6 is 0 Å². The van der Waals surface area contributed by atoms with Gasteiger partial charge in [-0.3, -0.25) is 9.59 Å². The van der Waals surface area contributed by atoms with Crippen LogP contribution in [0.25, 0.3) is 0 Å². The van der Waals surface area contributed by atoms with Crippen LogP contribution in [0.3, 0.4) is 0 Å². The fourth-order valence-electron chi connectivity index (χ4n) is 3.39. The molecule has 1 N–H and O–H groups in total. The summed E-state index contributed by atoms with van der Waals surface area (Å²) in [6.07, 6.45) is 4.94. The number of hydrogen-bond acceptors (Lipinski definition) is 2. The SMILES string of the molecule is CCC1(C)NC(=O)c2ccccc2N(C2CCCC2)C1=O. The molecule has 0 radical (unpaired) electrons. The van der Waals surface area contributed by atoms with E-state index in [-0.39, 0.29) is 17.9 Å². The van der Waals surface area contributed by atoms with Crippen molar-refractivity contribution in [1.29, 1.82) is 0 Å². The maximum Gasteiger partial charge on any atom is 0.254 e. The maximum absolute atomic E-state index is 13.1. The molecule has 4 heteroatoms. The standard InChI is InChI=1S/C17H22N2O2/c1-3-17(2)16(21)19(12-8-4-5-9-12)14-11-7-6-10-13(14)15(20)18-17/h6-7,10-12H,3-5,8-9H2,1-2H3,(H,18,20). The third-order valence-corrected chi connectivity index (χ3v) is 4.89. The van der Waals surface area contributed by atoms with Crippen LogP contribution in [0, 0.1) is 0 Å². The number of nitrogens with zero attached hydrogens (tertiary/aromatic N) is 1. The smallest absolute Gasteiger partial charge is 0.254 e. The quantitative estimate of drug-likeness (QED) is 0.909. The zero-order valence-electron chi connectivity index (χ0n) is 12.7. The normalized spacial score (nSPS) is 26.5. The highest BCUT2D eigenvalue weighted by atomic mass is 16.2. The number of anilines is 1. The lowest BCUT2D eigenvalue weighted by molar-refractivity contribution is -0.124. The first kappa shape index (κ1) is 14.1. The second-order valence-corrected chi connectivity index (χ2v) is 6.27. The molecule has 1 aliphatic heterocycles. The summed E-state index contributed by atoms with van der Waals surface area (Å²) in [7, 11) is 0. The van der Waals surface area contributed by atoms with Crippen LogP contribution < -0.4 is 10.2 Å². The minimum absolute atomic E-state index is 0.0233. The molecule has 0 saturated heterocycles. The Balaban J connectivity index is 2.14. The summed E-state index contributed by atoms with van der Waals surface area (Å²) in [6.45, 7) is 3.78. The number of carbonyl (C=O) groups excluding carboxylic acids is 2. The molecule has 1 saturated carbocycles. The van der Waals surface area contributed by atoms with Gasteiger partial charge in [0.25, 0.3) is 11.8 Å². The fourth-order valence-corrected chi connectivity index (χ4v) is 3.39. The first-order chi connectivity index (χ1) is 10.1. The summed E-state index contributed by atoms with van der Waals surface area (Å²) in [4.78, 5) is 27.5. The predicted molar refractivity (Wildman–Crippen MR) is 82.3 cm³/mol. The molecule has 1 heterocycles. The van der Waals surface area contributed by atoms with Crippen molar-refractivity contribution in [2.24, 2.45) is 0 Å². The van der Waals surface area contributed by atoms with Crippen molar-refractivity contribution < 1.29 is 9.59 Å². The highest BCUT2D eigenvalue weighted by Crippen LogP contribution is 2.35. The lowest BCUT2D eigenvalue weighted by Crippen LogP contribution is -2.57. The highest BCUT2D eigenvalue weighted by molar-refractivity contribution is 6.12. The van der Waals surface area contributed by atoms with Crippen molar-refractivity contribution in [3.8, 4) is 0 Å². The molecule has 2 amide bonds. The third kappa shape index (κ3) is 2.23. The molecule has 112 valence electrons. The molecule has 0 spiro atoms. The molecular formula is C17H22N2O2. The maximum atomic E-state index is 13.1. The van der Waals surface area contributed by atoms with Crippen molar-refractivity contribution in [3.63, 3.8) is 0 Å². The minimum atomic E-state index is -0.821. The molecule has 0 bridgehead atoms. The number of nitrogens with one attached hydrogen (secondary N) is 1. The van der Waals surface area contributed by atoms with Crippen LogP contribution in [-0.2, 0) is 4.79 Å². The Bertz CT molecular complexity index is 578. The van der Waals surface area contributed by atoms with Gasteiger partial charge in [0.2, 0.25) is 0 Å². The van der Waals surface area contributed by atoms with E-state index in [0.29, 0.717) is 12.0 Å². The molecule has 0 aromatic heterocycles. The van der Waals surface area contributed by atoms with Crippen molar-refractivity contribution in [2.45, 2.75) is 57.5 Å². The summed E-state index contributed by atoms with van der Waals surface area (Å²) < 4.78 is 0. The van der Waals surface area contributed by atoms with Gasteiger partial charge in [0.15, 0.2) is 0 Å². The van der Waals surface area contributed by atoms with Crippen molar-refractivity contribution >= 4 is 17.5 Å². The number of carbonyl (C=O) groups is 2. The van der Waals surface area contributed by atoms with Crippen LogP contribution in [0.15, 0.2) is 24.3 Å². The van der Waals surface area contributed by atoms with Crippen LogP contribution in [-0.4, -0.2) is 23.4 Å². The van der Waals surface area contributed by atoms with Gasteiger partial charge in [0.05, 0.1) is 11.3 Å². The highest BCUT2D eigenvalue weighted by Gasteiger charge is 2.44. The Labute approximate surface area is 125 Å². The number of para-hydroxylation sites is 1.